The van der Waals surface area contributed by atoms with Crippen LogP contribution in [0, 0.1) is 12.8 Å². The molecule has 2 aromatic heterocycles. The third-order valence-corrected chi connectivity index (χ3v) is 7.12. The van der Waals surface area contributed by atoms with Crippen LogP contribution in [0.1, 0.15) is 82.4 Å². The second kappa shape index (κ2) is 7.88. The molecule has 4 saturated carbocycles. The first-order chi connectivity index (χ1) is 15.6. The lowest BCUT2D eigenvalue weighted by atomic mass is 9.50. The quantitative estimate of drug-likeness (QED) is 0.680. The van der Waals surface area contributed by atoms with Gasteiger partial charge in [0, 0.05) is 23.6 Å². The van der Waals surface area contributed by atoms with Crippen molar-refractivity contribution in [2.45, 2.75) is 95.7 Å². The summed E-state index contributed by atoms with van der Waals surface area (Å²) >= 11 is 0. The molecule has 6 rings (SSSR count). The van der Waals surface area contributed by atoms with Gasteiger partial charge >= 0.3 is 6.09 Å². The average Bonchev–Trinajstić information content (AvgIpc) is 3.37. The van der Waals surface area contributed by atoms with Crippen molar-refractivity contribution < 1.29 is 18.8 Å². The maximum Gasteiger partial charge on any atom is 0.407 e. The first-order valence-electron chi connectivity index (χ1n) is 11.9. The van der Waals surface area contributed by atoms with Gasteiger partial charge in [0.05, 0.1) is 23.3 Å². The largest absolute Gasteiger partial charge is 0.446 e. The van der Waals surface area contributed by atoms with E-state index in [1.165, 1.54) is 0 Å². The monoisotopic (exact) mass is 455 g/mol. The predicted octanol–water partition coefficient (Wildman–Crippen LogP) is 4.03. The Kier molecular flexibility index (Phi) is 5.25. The number of ether oxygens (including phenoxy) is 1. The van der Waals surface area contributed by atoms with E-state index in [1.54, 1.807) is 6.07 Å². The molecule has 2 aromatic rings. The van der Waals surface area contributed by atoms with Gasteiger partial charge in [-0.05, 0) is 72.1 Å². The van der Waals surface area contributed by atoms with Crippen molar-refractivity contribution in [3.05, 3.63) is 29.3 Å². The Morgan fingerprint density at radius 1 is 1.24 bits per heavy atom. The van der Waals surface area contributed by atoms with Crippen molar-refractivity contribution >= 4 is 17.8 Å². The van der Waals surface area contributed by atoms with Crippen LogP contribution in [0.2, 0.25) is 0 Å². The number of amides is 2. The summed E-state index contributed by atoms with van der Waals surface area (Å²) < 4.78 is 12.7. The first kappa shape index (κ1) is 22.0. The number of hydrogen-bond acceptors (Lipinski definition) is 6. The van der Waals surface area contributed by atoms with Gasteiger partial charge in [-0.2, -0.15) is 5.10 Å². The van der Waals surface area contributed by atoms with E-state index in [4.69, 9.17) is 14.4 Å². The van der Waals surface area contributed by atoms with Crippen molar-refractivity contribution in [2.24, 2.45) is 5.92 Å². The van der Waals surface area contributed by atoms with Gasteiger partial charge in [0.2, 0.25) is 5.91 Å². The number of alkyl carbamates (subject to hydrolysis) is 1. The second-order valence-electron chi connectivity index (χ2n) is 11.1. The minimum absolute atomic E-state index is 0.0305. The summed E-state index contributed by atoms with van der Waals surface area (Å²) in [5.74, 6) is 2.01. The minimum Gasteiger partial charge on any atom is -0.446 e. The molecule has 0 aromatic carbocycles. The zero-order chi connectivity index (χ0) is 23.4. The van der Waals surface area contributed by atoms with Crippen molar-refractivity contribution in [1.82, 2.24) is 20.3 Å². The highest BCUT2D eigenvalue weighted by Gasteiger charge is 2.57. The molecule has 4 aliphatic rings. The predicted molar refractivity (Wildman–Crippen MR) is 121 cm³/mol. The number of hydrogen-bond donors (Lipinski definition) is 2. The Hall–Kier alpha value is -2.84. The highest BCUT2D eigenvalue weighted by Crippen LogP contribution is 2.57. The second-order valence-corrected chi connectivity index (χ2v) is 11.1. The molecule has 178 valence electrons. The Balaban J connectivity index is 1.22. The van der Waals surface area contributed by atoms with E-state index in [9.17, 15) is 9.59 Å². The number of rotatable bonds is 6. The Bertz CT molecular complexity index is 1050. The minimum atomic E-state index is -0.305. The normalized spacial score (nSPS) is 28.1. The van der Waals surface area contributed by atoms with Crippen LogP contribution < -0.4 is 10.6 Å². The molecule has 2 N–H and O–H groups in total. The fraction of sp³-hybridized carbons (Fsp3) is 0.667. The van der Waals surface area contributed by atoms with Crippen LogP contribution in [0.3, 0.4) is 0 Å². The molecule has 0 spiro atoms. The maximum atomic E-state index is 12.6. The summed E-state index contributed by atoms with van der Waals surface area (Å²) in [4.78, 5) is 24.9. The van der Waals surface area contributed by atoms with Gasteiger partial charge in [-0.1, -0.05) is 5.16 Å². The summed E-state index contributed by atoms with van der Waals surface area (Å²) in [6.45, 7) is 7.97. The molecule has 2 unspecified atom stereocenters. The lowest BCUT2D eigenvalue weighted by molar-refractivity contribution is -0.115. The van der Waals surface area contributed by atoms with E-state index < -0.39 is 0 Å². The highest BCUT2D eigenvalue weighted by atomic mass is 16.6. The molecule has 2 amide bonds. The van der Waals surface area contributed by atoms with Gasteiger partial charge < -0.3 is 19.9 Å². The molecule has 9 heteroatoms. The average molecular weight is 456 g/mol. The Labute approximate surface area is 193 Å². The van der Waals surface area contributed by atoms with Gasteiger partial charge in [-0.25, -0.2) is 9.48 Å². The summed E-state index contributed by atoms with van der Waals surface area (Å²) in [7, 11) is 0. The van der Waals surface area contributed by atoms with E-state index in [1.807, 2.05) is 17.7 Å². The molecular formula is C24H33N5O4. The number of anilines is 1. The standard InChI is InChI=1S/C24H33N5O4/c1-14-7-18(33-28-14)9-21(30)25-20-10-19(27-29(20)23(2,3)4)16-5-6-17(8-16)32-22(31)26-24-11-15(12-24)13-24/h7,10,15-17H,5-6,8-9,11-13H2,1-4H3,(H,25,30)(H,26,31). The molecule has 9 nitrogen and oxygen atoms in total. The Morgan fingerprint density at radius 2 is 2.00 bits per heavy atom. The Morgan fingerprint density at radius 3 is 2.61 bits per heavy atom. The molecule has 2 heterocycles. The van der Waals surface area contributed by atoms with Gasteiger partial charge in [0.15, 0.2) is 0 Å². The summed E-state index contributed by atoms with van der Waals surface area (Å²) in [5.41, 5.74) is 1.39. The number of carbonyl (C=O) groups is 2. The molecule has 0 saturated heterocycles. The third kappa shape index (κ3) is 4.50. The maximum absolute atomic E-state index is 12.6. The molecule has 0 aliphatic heterocycles. The van der Waals surface area contributed by atoms with Crippen LogP contribution in [0.5, 0.6) is 0 Å². The molecule has 33 heavy (non-hydrogen) atoms. The summed E-state index contributed by atoms with van der Waals surface area (Å²) in [6, 6.07) is 3.71. The van der Waals surface area contributed by atoms with Gasteiger partial charge in [0.25, 0.3) is 0 Å². The van der Waals surface area contributed by atoms with Crippen LogP contribution in [-0.2, 0) is 21.5 Å². The van der Waals surface area contributed by atoms with Gasteiger partial charge in [-0.3, -0.25) is 4.79 Å². The zero-order valence-corrected chi connectivity index (χ0v) is 19.8. The van der Waals surface area contributed by atoms with Crippen LogP contribution in [0.25, 0.3) is 0 Å². The molecule has 2 atom stereocenters. The van der Waals surface area contributed by atoms with E-state index >= 15 is 0 Å². The summed E-state index contributed by atoms with van der Waals surface area (Å²) in [5, 5.41) is 14.7. The van der Waals surface area contributed by atoms with E-state index in [-0.39, 0.29) is 41.5 Å². The number of nitrogens with zero attached hydrogens (tertiary/aromatic N) is 3. The number of nitrogens with one attached hydrogen (secondary N) is 2. The summed E-state index contributed by atoms with van der Waals surface area (Å²) in [6.07, 6.45) is 5.50. The van der Waals surface area contributed by atoms with Gasteiger partial charge in [0.1, 0.15) is 17.7 Å². The lowest BCUT2D eigenvalue weighted by Crippen LogP contribution is -2.68. The van der Waals surface area contributed by atoms with Crippen LogP contribution in [0.4, 0.5) is 10.6 Å². The molecule has 4 aliphatic carbocycles. The zero-order valence-electron chi connectivity index (χ0n) is 19.8. The van der Waals surface area contributed by atoms with Crippen LogP contribution >= 0.6 is 0 Å². The topological polar surface area (TPSA) is 111 Å². The number of aryl methyl sites for hydroxylation is 1. The van der Waals surface area contributed by atoms with Crippen molar-refractivity contribution in [3.63, 3.8) is 0 Å². The van der Waals surface area contributed by atoms with Crippen molar-refractivity contribution in [3.8, 4) is 0 Å². The van der Waals surface area contributed by atoms with E-state index in [2.05, 4.69) is 36.6 Å². The van der Waals surface area contributed by atoms with E-state index in [0.29, 0.717) is 11.6 Å². The molecule has 4 fully saturated rings. The van der Waals surface area contributed by atoms with Crippen molar-refractivity contribution in [2.75, 3.05) is 5.32 Å². The van der Waals surface area contributed by atoms with Crippen LogP contribution in [-0.4, -0.2) is 38.6 Å². The first-order valence-corrected chi connectivity index (χ1v) is 11.9. The number of carbonyl (C=O) groups excluding carboxylic acids is 2. The van der Waals surface area contributed by atoms with E-state index in [0.717, 1.165) is 55.8 Å². The smallest absolute Gasteiger partial charge is 0.407 e. The fourth-order valence-corrected chi connectivity index (χ4v) is 5.39. The molecule has 2 bridgehead atoms. The SMILES string of the molecule is Cc1cc(CC(=O)Nc2cc(C3CCC(OC(=O)NC45CC(C4)C5)C3)nn2C(C)(C)C)on1. The third-order valence-electron chi connectivity index (χ3n) is 7.12. The fourth-order valence-electron chi connectivity index (χ4n) is 5.39. The highest BCUT2D eigenvalue weighted by molar-refractivity contribution is 5.91. The molecule has 0 radical (unpaired) electrons. The van der Waals surface area contributed by atoms with Gasteiger partial charge in [-0.15, -0.1) is 0 Å². The van der Waals surface area contributed by atoms with Crippen molar-refractivity contribution in [1.29, 1.82) is 0 Å². The van der Waals surface area contributed by atoms with Crippen LogP contribution in [0.15, 0.2) is 16.7 Å². The lowest BCUT2D eigenvalue weighted by Gasteiger charge is -2.61. The number of aromatic nitrogens is 3. The molecular weight excluding hydrogens is 422 g/mol.